The van der Waals surface area contributed by atoms with Crippen LogP contribution < -0.4 is 14.2 Å². The third-order valence-electron chi connectivity index (χ3n) is 3.97. The first-order valence-corrected chi connectivity index (χ1v) is 8.30. The molecule has 0 aliphatic carbocycles. The van der Waals surface area contributed by atoms with E-state index in [2.05, 4.69) is 0 Å². The van der Waals surface area contributed by atoms with Crippen molar-refractivity contribution >= 4 is 22.9 Å². The van der Waals surface area contributed by atoms with E-state index in [1.807, 2.05) is 0 Å². The molecule has 0 amide bonds. The van der Waals surface area contributed by atoms with E-state index in [0.29, 0.717) is 5.56 Å². The molecule has 0 radical (unpaired) electrons. The number of ether oxygens (including phenoxy) is 4. The number of methoxy groups -OCH3 is 2. The van der Waals surface area contributed by atoms with E-state index in [-0.39, 0.29) is 17.2 Å². The first-order valence-electron chi connectivity index (χ1n) is 7.93. The fourth-order valence-electron chi connectivity index (χ4n) is 2.56. The summed E-state index contributed by atoms with van der Waals surface area (Å²) in [5.41, 5.74) is 0.527. The van der Waals surface area contributed by atoms with Crippen molar-refractivity contribution in [2.45, 2.75) is 30.7 Å². The predicted octanol–water partition coefficient (Wildman–Crippen LogP) is -0.339. The van der Waals surface area contributed by atoms with Crippen LogP contribution in [0.5, 0.6) is 17.2 Å². The van der Waals surface area contributed by atoms with E-state index in [1.54, 1.807) is 0 Å². The molecule has 1 aromatic carbocycles. The molecule has 0 spiro atoms. The summed E-state index contributed by atoms with van der Waals surface area (Å²) in [4.78, 5) is 10.9. The van der Waals surface area contributed by atoms with Crippen molar-refractivity contribution in [1.29, 1.82) is 0 Å². The van der Waals surface area contributed by atoms with Crippen molar-refractivity contribution < 1.29 is 44.2 Å². The van der Waals surface area contributed by atoms with Gasteiger partial charge in [0.25, 0.3) is 0 Å². The Bertz CT molecular complexity index is 666. The lowest BCUT2D eigenvalue weighted by atomic mass is 9.99. The van der Waals surface area contributed by atoms with Crippen molar-refractivity contribution in [3.8, 4) is 17.2 Å². The number of rotatable bonds is 7. The maximum absolute atomic E-state index is 10.9. The van der Waals surface area contributed by atoms with Gasteiger partial charge in [0, 0.05) is 0 Å². The molecule has 1 aliphatic rings. The number of aliphatic hydroxyl groups is 4. The molecule has 1 aromatic rings. The lowest BCUT2D eigenvalue weighted by Crippen LogP contribution is -2.60. The average molecular weight is 405 g/mol. The van der Waals surface area contributed by atoms with Crippen LogP contribution in [0.1, 0.15) is 5.56 Å². The Kier molecular flexibility index (Phi) is 7.42. The van der Waals surface area contributed by atoms with Gasteiger partial charge >= 0.3 is 0 Å². The summed E-state index contributed by atoms with van der Waals surface area (Å²) in [5.74, 6) is 0.430. The van der Waals surface area contributed by atoms with Crippen LogP contribution in [0.3, 0.4) is 0 Å². The molecule has 1 fully saturated rings. The van der Waals surface area contributed by atoms with Crippen LogP contribution in [0.15, 0.2) is 18.2 Å². The highest BCUT2D eigenvalue weighted by Gasteiger charge is 2.45. The zero-order valence-electron chi connectivity index (χ0n) is 14.6. The maximum atomic E-state index is 10.9. The van der Waals surface area contributed by atoms with Crippen LogP contribution in [0, 0.1) is 0 Å². The number of benzene rings is 1. The van der Waals surface area contributed by atoms with Crippen molar-refractivity contribution in [2.75, 3.05) is 20.8 Å². The van der Waals surface area contributed by atoms with Gasteiger partial charge in [0.2, 0.25) is 17.3 Å². The first-order chi connectivity index (χ1) is 12.8. The Morgan fingerprint density at radius 2 is 1.74 bits per heavy atom. The molecular formula is C17H21ClO9. The van der Waals surface area contributed by atoms with Gasteiger partial charge < -0.3 is 39.4 Å². The Morgan fingerprint density at radius 1 is 1.15 bits per heavy atom. The van der Waals surface area contributed by atoms with Crippen molar-refractivity contribution in [3.05, 3.63) is 23.8 Å². The summed E-state index contributed by atoms with van der Waals surface area (Å²) in [6.07, 6.45) is -4.63. The van der Waals surface area contributed by atoms with Gasteiger partial charge in [-0.05, 0) is 41.4 Å². The van der Waals surface area contributed by atoms with Gasteiger partial charge in [-0.2, -0.15) is 0 Å². The quantitative estimate of drug-likeness (QED) is 0.355. The Morgan fingerprint density at radius 3 is 2.22 bits per heavy atom. The Hall–Kier alpha value is -1.88. The minimum absolute atomic E-state index is 0.0543. The second-order valence-corrected chi connectivity index (χ2v) is 6.08. The number of halogens is 1. The smallest absolute Gasteiger partial charge is 0.245 e. The van der Waals surface area contributed by atoms with Gasteiger partial charge in [-0.15, -0.1) is 0 Å². The molecule has 0 unspecified atom stereocenters. The predicted molar refractivity (Wildman–Crippen MR) is 93.8 cm³/mol. The van der Waals surface area contributed by atoms with E-state index < -0.39 is 42.6 Å². The van der Waals surface area contributed by atoms with E-state index in [1.165, 1.54) is 32.4 Å². The molecule has 1 aliphatic heterocycles. The number of hydrogen-bond donors (Lipinski definition) is 4. The van der Waals surface area contributed by atoms with Gasteiger partial charge in [0.15, 0.2) is 11.5 Å². The largest absolute Gasteiger partial charge is 0.493 e. The molecule has 150 valence electrons. The van der Waals surface area contributed by atoms with Gasteiger partial charge in [0.1, 0.15) is 24.4 Å². The molecule has 1 saturated heterocycles. The van der Waals surface area contributed by atoms with Gasteiger partial charge in [-0.1, -0.05) is 0 Å². The van der Waals surface area contributed by atoms with Gasteiger partial charge in [-0.25, -0.2) is 0 Å². The summed E-state index contributed by atoms with van der Waals surface area (Å²) in [7, 11) is 2.74. The van der Waals surface area contributed by atoms with Crippen LogP contribution in [-0.4, -0.2) is 77.2 Å². The maximum Gasteiger partial charge on any atom is 0.245 e. The fourth-order valence-corrected chi connectivity index (χ4v) is 2.62. The molecule has 9 nitrogen and oxygen atoms in total. The molecule has 2 rings (SSSR count). The average Bonchev–Trinajstić information content (AvgIpc) is 2.66. The number of aliphatic hydroxyl groups excluding tert-OH is 4. The van der Waals surface area contributed by atoms with Crippen molar-refractivity contribution in [2.24, 2.45) is 0 Å². The zero-order chi connectivity index (χ0) is 20.1. The molecular weight excluding hydrogens is 384 g/mol. The highest BCUT2D eigenvalue weighted by molar-refractivity contribution is 6.66. The first kappa shape index (κ1) is 21.4. The molecule has 0 bridgehead atoms. The lowest BCUT2D eigenvalue weighted by molar-refractivity contribution is -0.277. The van der Waals surface area contributed by atoms with Crippen LogP contribution in [0.2, 0.25) is 0 Å². The summed E-state index contributed by atoms with van der Waals surface area (Å²) >= 11 is 5.28. The highest BCUT2D eigenvalue weighted by Crippen LogP contribution is 2.40. The number of hydrogen-bond acceptors (Lipinski definition) is 9. The second-order valence-electron chi connectivity index (χ2n) is 5.71. The van der Waals surface area contributed by atoms with Crippen molar-refractivity contribution in [1.82, 2.24) is 0 Å². The van der Waals surface area contributed by atoms with E-state index in [4.69, 9.17) is 30.5 Å². The number of carbonyl (C=O) groups is 1. The summed E-state index contributed by atoms with van der Waals surface area (Å²) < 4.78 is 21.5. The van der Waals surface area contributed by atoms with Crippen LogP contribution >= 0.6 is 11.6 Å². The van der Waals surface area contributed by atoms with E-state index >= 15 is 0 Å². The molecule has 10 heteroatoms. The Labute approximate surface area is 160 Å². The topological polar surface area (TPSA) is 135 Å². The van der Waals surface area contributed by atoms with Crippen LogP contribution in [0.4, 0.5) is 0 Å². The zero-order valence-corrected chi connectivity index (χ0v) is 15.4. The molecule has 27 heavy (non-hydrogen) atoms. The van der Waals surface area contributed by atoms with Gasteiger partial charge in [-0.3, -0.25) is 4.79 Å². The van der Waals surface area contributed by atoms with Crippen LogP contribution in [-0.2, 0) is 9.53 Å². The van der Waals surface area contributed by atoms with Gasteiger partial charge in [0.05, 0.1) is 20.8 Å². The molecule has 0 aromatic heterocycles. The Balaban J connectivity index is 2.35. The third kappa shape index (κ3) is 4.89. The monoisotopic (exact) mass is 404 g/mol. The van der Waals surface area contributed by atoms with E-state index in [9.17, 15) is 25.2 Å². The second kappa shape index (κ2) is 9.36. The summed E-state index contributed by atoms with van der Waals surface area (Å²) in [5, 5.41) is 38.4. The standard InChI is InChI=1S/C17H21ClO9/c1-24-9-5-8(3-4-12(18)20)6-10(25-2)16(9)27-17-15(23)14(22)13(21)11(7-19)26-17/h3-6,11,13-15,17,19,21-23H,7H2,1-2H3/t11-,13-,14+,15+,17-/m1/s1. The molecule has 1 heterocycles. The normalized spacial score (nSPS) is 28.2. The van der Waals surface area contributed by atoms with Crippen LogP contribution in [0.25, 0.3) is 6.08 Å². The molecule has 5 atom stereocenters. The molecule has 0 saturated carbocycles. The lowest BCUT2D eigenvalue weighted by Gasteiger charge is -2.39. The fraction of sp³-hybridized carbons (Fsp3) is 0.471. The number of carbonyl (C=O) groups excluding carboxylic acids is 1. The SMILES string of the molecule is COc1cc(C=CC(=O)Cl)cc(OC)c1O[C@H]1O[C@H](CO)[C@@H](O)[C@H](O)[C@@H]1O. The third-order valence-corrected chi connectivity index (χ3v) is 4.10. The minimum Gasteiger partial charge on any atom is -0.493 e. The summed E-state index contributed by atoms with van der Waals surface area (Å²) in [6, 6.07) is 3.05. The molecule has 4 N–H and O–H groups in total. The summed E-state index contributed by atoms with van der Waals surface area (Å²) in [6.45, 7) is -0.588. The van der Waals surface area contributed by atoms with E-state index in [0.717, 1.165) is 6.08 Å². The number of allylic oxidation sites excluding steroid dienone is 1. The van der Waals surface area contributed by atoms with Crippen molar-refractivity contribution in [3.63, 3.8) is 0 Å². The minimum atomic E-state index is -1.59. The highest BCUT2D eigenvalue weighted by atomic mass is 35.5.